The minimum atomic E-state index is -0.871. The number of hydrogen-bond acceptors (Lipinski definition) is 3. The number of carbonyl (C=O) groups excluding carboxylic acids is 1. The zero-order valence-corrected chi connectivity index (χ0v) is 12.4. The van der Waals surface area contributed by atoms with E-state index in [9.17, 15) is 9.59 Å². The molecule has 0 spiro atoms. The van der Waals surface area contributed by atoms with Crippen molar-refractivity contribution in [1.82, 2.24) is 4.90 Å². The van der Waals surface area contributed by atoms with Gasteiger partial charge in [0, 0.05) is 13.1 Å². The van der Waals surface area contributed by atoms with Gasteiger partial charge in [0.05, 0.1) is 12.3 Å². The van der Waals surface area contributed by atoms with Gasteiger partial charge in [-0.05, 0) is 35.2 Å². The van der Waals surface area contributed by atoms with Crippen molar-refractivity contribution in [3.05, 3.63) is 22.4 Å². The minimum Gasteiger partial charge on any atom is -0.481 e. The Morgan fingerprint density at radius 1 is 1.37 bits per heavy atom. The number of carboxylic acid groups (broad SMARTS) is 1. The molecular formula is C14H21NO3S. The SMILES string of the molecule is CC(C)CN(CCC(=O)O)C(=O)C(C)c1ccsc1. The number of carbonyl (C=O) groups is 2. The van der Waals surface area contributed by atoms with Crippen molar-refractivity contribution in [2.24, 2.45) is 5.92 Å². The molecule has 0 radical (unpaired) electrons. The number of hydrogen-bond donors (Lipinski definition) is 1. The molecule has 5 heteroatoms. The van der Waals surface area contributed by atoms with Gasteiger partial charge in [0.1, 0.15) is 0 Å². The second-order valence-corrected chi connectivity index (χ2v) is 5.88. The lowest BCUT2D eigenvalue weighted by Gasteiger charge is -2.26. The highest BCUT2D eigenvalue weighted by molar-refractivity contribution is 7.08. The number of rotatable bonds is 7. The van der Waals surface area contributed by atoms with Crippen LogP contribution < -0.4 is 0 Å². The van der Waals surface area contributed by atoms with E-state index in [4.69, 9.17) is 5.11 Å². The number of carboxylic acids is 1. The summed E-state index contributed by atoms with van der Waals surface area (Å²) in [5, 5.41) is 12.7. The van der Waals surface area contributed by atoms with Crippen LogP contribution in [0.15, 0.2) is 16.8 Å². The van der Waals surface area contributed by atoms with Crippen molar-refractivity contribution < 1.29 is 14.7 Å². The van der Waals surface area contributed by atoms with Crippen molar-refractivity contribution in [3.63, 3.8) is 0 Å². The molecule has 0 bridgehead atoms. The molecule has 106 valence electrons. The standard InChI is InChI=1S/C14H21NO3S/c1-10(2)8-15(6-4-13(16)17)14(18)11(3)12-5-7-19-9-12/h5,7,9-11H,4,6,8H2,1-3H3,(H,16,17). The van der Waals surface area contributed by atoms with E-state index in [2.05, 4.69) is 0 Å². The van der Waals surface area contributed by atoms with Gasteiger partial charge in [-0.1, -0.05) is 13.8 Å². The van der Waals surface area contributed by atoms with Gasteiger partial charge in [-0.2, -0.15) is 11.3 Å². The number of nitrogens with zero attached hydrogens (tertiary/aromatic N) is 1. The van der Waals surface area contributed by atoms with Crippen molar-refractivity contribution in [2.75, 3.05) is 13.1 Å². The molecule has 0 saturated carbocycles. The summed E-state index contributed by atoms with van der Waals surface area (Å²) < 4.78 is 0. The Bertz CT molecular complexity index is 414. The van der Waals surface area contributed by atoms with Crippen LogP contribution in [-0.2, 0) is 9.59 Å². The molecule has 1 rings (SSSR count). The largest absolute Gasteiger partial charge is 0.481 e. The predicted octanol–water partition coefficient (Wildman–Crippen LogP) is 2.81. The third-order valence-electron chi connectivity index (χ3n) is 2.91. The van der Waals surface area contributed by atoms with Gasteiger partial charge in [0.15, 0.2) is 0 Å². The average molecular weight is 283 g/mol. The second kappa shape index (κ2) is 7.28. The Kier molecular flexibility index (Phi) is 6.02. The van der Waals surface area contributed by atoms with E-state index >= 15 is 0 Å². The molecule has 1 heterocycles. The first kappa shape index (κ1) is 15.7. The van der Waals surface area contributed by atoms with Crippen LogP contribution in [0.1, 0.15) is 38.7 Å². The zero-order valence-electron chi connectivity index (χ0n) is 11.6. The molecule has 1 atom stereocenters. The van der Waals surface area contributed by atoms with Crippen molar-refractivity contribution >= 4 is 23.2 Å². The lowest BCUT2D eigenvalue weighted by Crippen LogP contribution is -2.38. The molecule has 4 nitrogen and oxygen atoms in total. The molecule has 0 saturated heterocycles. The summed E-state index contributed by atoms with van der Waals surface area (Å²) in [5.74, 6) is -0.746. The van der Waals surface area contributed by atoms with E-state index in [1.807, 2.05) is 37.6 Å². The summed E-state index contributed by atoms with van der Waals surface area (Å²) in [7, 11) is 0. The van der Waals surface area contributed by atoms with Gasteiger partial charge in [-0.25, -0.2) is 0 Å². The Morgan fingerprint density at radius 3 is 2.53 bits per heavy atom. The highest BCUT2D eigenvalue weighted by atomic mass is 32.1. The van der Waals surface area contributed by atoms with Gasteiger partial charge >= 0.3 is 5.97 Å². The van der Waals surface area contributed by atoms with E-state index in [0.29, 0.717) is 12.5 Å². The second-order valence-electron chi connectivity index (χ2n) is 5.10. The molecule has 1 aromatic rings. The fourth-order valence-corrected chi connectivity index (χ4v) is 2.65. The fourth-order valence-electron chi connectivity index (χ4n) is 1.90. The van der Waals surface area contributed by atoms with Crippen LogP contribution in [0.2, 0.25) is 0 Å². The van der Waals surface area contributed by atoms with Gasteiger partial charge < -0.3 is 10.0 Å². The van der Waals surface area contributed by atoms with Crippen LogP contribution in [0.25, 0.3) is 0 Å². The molecule has 1 N–H and O–H groups in total. The summed E-state index contributed by atoms with van der Waals surface area (Å²) >= 11 is 1.56. The van der Waals surface area contributed by atoms with Crippen molar-refractivity contribution in [3.8, 4) is 0 Å². The van der Waals surface area contributed by atoms with Crippen LogP contribution in [0.4, 0.5) is 0 Å². The highest BCUT2D eigenvalue weighted by Gasteiger charge is 2.23. The van der Waals surface area contributed by atoms with E-state index in [1.54, 1.807) is 16.2 Å². The number of thiophene rings is 1. The smallest absolute Gasteiger partial charge is 0.305 e. The first-order valence-electron chi connectivity index (χ1n) is 6.44. The highest BCUT2D eigenvalue weighted by Crippen LogP contribution is 2.21. The van der Waals surface area contributed by atoms with Crippen LogP contribution >= 0.6 is 11.3 Å². The zero-order chi connectivity index (χ0) is 14.4. The molecular weight excluding hydrogens is 262 g/mol. The van der Waals surface area contributed by atoms with Gasteiger partial charge in [0.2, 0.25) is 5.91 Å². The van der Waals surface area contributed by atoms with E-state index < -0.39 is 5.97 Å². The maximum Gasteiger partial charge on any atom is 0.305 e. The monoisotopic (exact) mass is 283 g/mol. The summed E-state index contributed by atoms with van der Waals surface area (Å²) in [4.78, 5) is 24.8. The van der Waals surface area contributed by atoms with Crippen LogP contribution in [0, 0.1) is 5.92 Å². The molecule has 0 aliphatic carbocycles. The minimum absolute atomic E-state index is 0.00514. The van der Waals surface area contributed by atoms with E-state index in [1.165, 1.54) is 0 Å². The molecule has 0 aromatic carbocycles. The van der Waals surface area contributed by atoms with Gasteiger partial charge in [-0.3, -0.25) is 9.59 Å². The molecule has 0 fully saturated rings. The Labute approximate surface area is 118 Å². The third kappa shape index (κ3) is 5.03. The Hall–Kier alpha value is -1.36. The summed E-state index contributed by atoms with van der Waals surface area (Å²) in [6, 6.07) is 1.94. The molecule has 1 amide bonds. The molecule has 1 unspecified atom stereocenters. The third-order valence-corrected chi connectivity index (χ3v) is 3.61. The first-order chi connectivity index (χ1) is 8.91. The van der Waals surface area contributed by atoms with Crippen molar-refractivity contribution in [1.29, 1.82) is 0 Å². The molecule has 1 aromatic heterocycles. The predicted molar refractivity (Wildman–Crippen MR) is 76.4 cm³/mol. The first-order valence-corrected chi connectivity index (χ1v) is 7.38. The Balaban J connectivity index is 2.72. The maximum atomic E-state index is 12.4. The fraction of sp³-hybridized carbons (Fsp3) is 0.571. The molecule has 0 aliphatic heterocycles. The summed E-state index contributed by atoms with van der Waals surface area (Å²) in [6.45, 7) is 6.80. The van der Waals surface area contributed by atoms with Crippen LogP contribution in [-0.4, -0.2) is 35.0 Å². The lowest BCUT2D eigenvalue weighted by molar-refractivity contribution is -0.139. The summed E-state index contributed by atoms with van der Waals surface area (Å²) in [5.41, 5.74) is 0.999. The number of aliphatic carboxylic acids is 1. The van der Waals surface area contributed by atoms with E-state index in [-0.39, 0.29) is 24.8 Å². The lowest BCUT2D eigenvalue weighted by atomic mass is 10.0. The quantitative estimate of drug-likeness (QED) is 0.837. The van der Waals surface area contributed by atoms with Crippen LogP contribution in [0.5, 0.6) is 0 Å². The average Bonchev–Trinajstić information content (AvgIpc) is 2.85. The topological polar surface area (TPSA) is 57.6 Å². The van der Waals surface area contributed by atoms with Crippen LogP contribution in [0.3, 0.4) is 0 Å². The van der Waals surface area contributed by atoms with Gasteiger partial charge in [-0.15, -0.1) is 0 Å². The number of amides is 1. The molecule has 0 aliphatic rings. The normalized spacial score (nSPS) is 12.4. The Morgan fingerprint density at radius 2 is 2.05 bits per heavy atom. The maximum absolute atomic E-state index is 12.4. The summed E-state index contributed by atoms with van der Waals surface area (Å²) in [6.07, 6.45) is -0.00514. The molecule has 19 heavy (non-hydrogen) atoms. The van der Waals surface area contributed by atoms with Crippen molar-refractivity contribution in [2.45, 2.75) is 33.1 Å². The van der Waals surface area contributed by atoms with E-state index in [0.717, 1.165) is 5.56 Å². The van der Waals surface area contributed by atoms with Gasteiger partial charge in [0.25, 0.3) is 0 Å².